The molecule has 0 bridgehead atoms. The Morgan fingerprint density at radius 3 is 2.70 bits per heavy atom. The van der Waals surface area contributed by atoms with Crippen LogP contribution in [0, 0.1) is 0 Å². The lowest BCUT2D eigenvalue weighted by molar-refractivity contribution is 0.300. The summed E-state index contributed by atoms with van der Waals surface area (Å²) in [5.41, 5.74) is 8.02. The predicted molar refractivity (Wildman–Crippen MR) is 84.1 cm³/mol. The van der Waals surface area contributed by atoms with Gasteiger partial charge in [0.15, 0.2) is 0 Å². The summed E-state index contributed by atoms with van der Waals surface area (Å²) in [5, 5.41) is 0. The van der Waals surface area contributed by atoms with Gasteiger partial charge >= 0.3 is 0 Å². The van der Waals surface area contributed by atoms with Crippen molar-refractivity contribution in [3.63, 3.8) is 0 Å². The molecule has 20 heavy (non-hydrogen) atoms. The van der Waals surface area contributed by atoms with E-state index in [0.29, 0.717) is 6.61 Å². The van der Waals surface area contributed by atoms with Crippen molar-refractivity contribution in [2.45, 2.75) is 19.6 Å². The van der Waals surface area contributed by atoms with Crippen molar-refractivity contribution in [3.8, 4) is 11.5 Å². The zero-order chi connectivity index (χ0) is 14.5. The minimum atomic E-state index is -0.0663. The van der Waals surface area contributed by atoms with Crippen molar-refractivity contribution in [1.29, 1.82) is 0 Å². The molecule has 0 aliphatic heterocycles. The molecule has 0 fully saturated rings. The molecule has 0 aliphatic rings. The largest absolute Gasteiger partial charge is 0.497 e. The van der Waals surface area contributed by atoms with E-state index in [-0.39, 0.29) is 6.04 Å². The zero-order valence-corrected chi connectivity index (χ0v) is 13.2. The van der Waals surface area contributed by atoms with Gasteiger partial charge in [-0.15, -0.1) is 0 Å². The first kappa shape index (κ1) is 14.9. The van der Waals surface area contributed by atoms with Crippen LogP contribution < -0.4 is 15.2 Å². The molecule has 2 aromatic rings. The van der Waals surface area contributed by atoms with Gasteiger partial charge in [-0.05, 0) is 36.8 Å². The van der Waals surface area contributed by atoms with Crippen molar-refractivity contribution in [1.82, 2.24) is 0 Å². The molecule has 0 saturated carbocycles. The van der Waals surface area contributed by atoms with Gasteiger partial charge < -0.3 is 15.2 Å². The fourth-order valence-corrected chi connectivity index (χ4v) is 2.27. The monoisotopic (exact) mass is 335 g/mol. The third-order valence-corrected chi connectivity index (χ3v) is 3.49. The molecule has 0 aromatic heterocycles. The lowest BCUT2D eigenvalue weighted by Crippen LogP contribution is -2.08. The zero-order valence-electron chi connectivity index (χ0n) is 11.6. The minimum Gasteiger partial charge on any atom is -0.497 e. The normalized spacial score (nSPS) is 12.0. The molecule has 106 valence electrons. The molecule has 1 unspecified atom stereocenters. The number of ether oxygens (including phenoxy) is 2. The maximum absolute atomic E-state index is 5.96. The smallest absolute Gasteiger partial charge is 0.125 e. The number of hydrogen-bond donors (Lipinski definition) is 1. The Hall–Kier alpha value is -1.52. The van der Waals surface area contributed by atoms with E-state index < -0.39 is 0 Å². The first-order valence-corrected chi connectivity index (χ1v) is 7.20. The number of hydrogen-bond acceptors (Lipinski definition) is 3. The molecule has 2 N–H and O–H groups in total. The van der Waals surface area contributed by atoms with E-state index in [1.807, 2.05) is 49.4 Å². The van der Waals surface area contributed by atoms with Crippen molar-refractivity contribution < 1.29 is 9.47 Å². The van der Waals surface area contributed by atoms with Gasteiger partial charge in [0.2, 0.25) is 0 Å². The summed E-state index contributed by atoms with van der Waals surface area (Å²) < 4.78 is 12.1. The highest BCUT2D eigenvalue weighted by atomic mass is 79.9. The average molecular weight is 336 g/mol. The molecule has 0 heterocycles. The number of methoxy groups -OCH3 is 1. The number of benzene rings is 2. The van der Waals surface area contributed by atoms with E-state index in [2.05, 4.69) is 15.9 Å². The fraction of sp³-hybridized carbons (Fsp3) is 0.250. The maximum Gasteiger partial charge on any atom is 0.125 e. The molecule has 2 rings (SSSR count). The Kier molecular flexibility index (Phi) is 5.04. The Bertz CT molecular complexity index is 584. The van der Waals surface area contributed by atoms with Crippen LogP contribution in [0.5, 0.6) is 11.5 Å². The molecule has 0 saturated heterocycles. The molecule has 3 nitrogen and oxygen atoms in total. The standard InChI is InChI=1S/C16H18BrNO2/c1-11(18)15-7-6-13(17)9-16(15)20-10-12-4-3-5-14(8-12)19-2/h3-9,11H,10,18H2,1-2H3. The molecule has 1 atom stereocenters. The number of nitrogens with two attached hydrogens (primary N) is 1. The van der Waals surface area contributed by atoms with E-state index in [1.54, 1.807) is 7.11 Å². The van der Waals surface area contributed by atoms with E-state index in [4.69, 9.17) is 15.2 Å². The van der Waals surface area contributed by atoms with Crippen LogP contribution in [0.15, 0.2) is 46.9 Å². The predicted octanol–water partition coefficient (Wildman–Crippen LogP) is 4.06. The van der Waals surface area contributed by atoms with Crippen molar-refractivity contribution in [3.05, 3.63) is 58.1 Å². The fourth-order valence-electron chi connectivity index (χ4n) is 1.93. The summed E-state index contributed by atoms with van der Waals surface area (Å²) in [7, 11) is 1.66. The summed E-state index contributed by atoms with van der Waals surface area (Å²) in [6.07, 6.45) is 0. The van der Waals surface area contributed by atoms with E-state index in [9.17, 15) is 0 Å². The number of halogens is 1. The van der Waals surface area contributed by atoms with Crippen LogP contribution in [-0.2, 0) is 6.61 Å². The molecular formula is C16H18BrNO2. The lowest BCUT2D eigenvalue weighted by atomic mass is 10.1. The van der Waals surface area contributed by atoms with Gasteiger partial charge in [-0.2, -0.15) is 0 Å². The first-order valence-electron chi connectivity index (χ1n) is 6.41. The van der Waals surface area contributed by atoms with Gasteiger partial charge in [-0.3, -0.25) is 0 Å². The van der Waals surface area contributed by atoms with Gasteiger partial charge in [0, 0.05) is 16.1 Å². The van der Waals surface area contributed by atoms with Crippen LogP contribution in [-0.4, -0.2) is 7.11 Å². The molecule has 2 aromatic carbocycles. The van der Waals surface area contributed by atoms with Crippen LogP contribution in [0.4, 0.5) is 0 Å². The SMILES string of the molecule is COc1cccc(COc2cc(Br)ccc2C(C)N)c1. The maximum atomic E-state index is 5.96. The van der Waals surface area contributed by atoms with Crippen molar-refractivity contribution in [2.24, 2.45) is 5.73 Å². The summed E-state index contributed by atoms with van der Waals surface area (Å²) in [6, 6.07) is 13.7. The van der Waals surface area contributed by atoms with Crippen LogP contribution in [0.25, 0.3) is 0 Å². The highest BCUT2D eigenvalue weighted by Crippen LogP contribution is 2.28. The summed E-state index contributed by atoms with van der Waals surface area (Å²) in [6.45, 7) is 2.43. The molecule has 0 spiro atoms. The van der Waals surface area contributed by atoms with E-state index >= 15 is 0 Å². The van der Waals surface area contributed by atoms with Crippen LogP contribution >= 0.6 is 15.9 Å². The quantitative estimate of drug-likeness (QED) is 0.896. The highest BCUT2D eigenvalue weighted by Gasteiger charge is 2.09. The van der Waals surface area contributed by atoms with Crippen LogP contribution in [0.1, 0.15) is 24.1 Å². The number of rotatable bonds is 5. The van der Waals surface area contributed by atoms with Gasteiger partial charge in [0.05, 0.1) is 7.11 Å². The molecule has 0 amide bonds. The van der Waals surface area contributed by atoms with Gasteiger partial charge in [-0.1, -0.05) is 34.1 Å². The first-order chi connectivity index (χ1) is 9.60. The summed E-state index contributed by atoms with van der Waals surface area (Å²) >= 11 is 3.45. The van der Waals surface area contributed by atoms with E-state index in [1.165, 1.54) is 0 Å². The second kappa shape index (κ2) is 6.77. The average Bonchev–Trinajstić information content (AvgIpc) is 2.45. The molecular weight excluding hydrogens is 318 g/mol. The second-order valence-electron chi connectivity index (χ2n) is 4.61. The third kappa shape index (κ3) is 3.74. The van der Waals surface area contributed by atoms with Crippen molar-refractivity contribution >= 4 is 15.9 Å². The Labute approximate surface area is 127 Å². The Balaban J connectivity index is 2.15. The lowest BCUT2D eigenvalue weighted by Gasteiger charge is -2.14. The summed E-state index contributed by atoms with van der Waals surface area (Å²) in [4.78, 5) is 0. The second-order valence-corrected chi connectivity index (χ2v) is 5.53. The molecule has 0 radical (unpaired) electrons. The minimum absolute atomic E-state index is 0.0663. The van der Waals surface area contributed by atoms with Gasteiger partial charge in [0.25, 0.3) is 0 Å². The Morgan fingerprint density at radius 1 is 1.20 bits per heavy atom. The van der Waals surface area contributed by atoms with Gasteiger partial charge in [-0.25, -0.2) is 0 Å². The van der Waals surface area contributed by atoms with Crippen molar-refractivity contribution in [2.75, 3.05) is 7.11 Å². The third-order valence-electron chi connectivity index (χ3n) is 2.99. The van der Waals surface area contributed by atoms with Gasteiger partial charge in [0.1, 0.15) is 18.1 Å². The molecule has 0 aliphatic carbocycles. The molecule has 4 heteroatoms. The topological polar surface area (TPSA) is 44.5 Å². The van der Waals surface area contributed by atoms with E-state index in [0.717, 1.165) is 27.1 Å². The highest BCUT2D eigenvalue weighted by molar-refractivity contribution is 9.10. The summed E-state index contributed by atoms with van der Waals surface area (Å²) in [5.74, 6) is 1.63. The van der Waals surface area contributed by atoms with Crippen LogP contribution in [0.3, 0.4) is 0 Å². The van der Waals surface area contributed by atoms with Crippen LogP contribution in [0.2, 0.25) is 0 Å². The Morgan fingerprint density at radius 2 is 2.00 bits per heavy atom.